The van der Waals surface area contributed by atoms with E-state index >= 15 is 0 Å². The highest BCUT2D eigenvalue weighted by atomic mass is 32.1. The van der Waals surface area contributed by atoms with Gasteiger partial charge < -0.3 is 13.7 Å². The minimum Gasteiger partial charge on any atom is -0.315 e. The number of aromatic nitrogens is 3. The van der Waals surface area contributed by atoms with Crippen LogP contribution >= 0.6 is 34.0 Å². The molecule has 0 aliphatic heterocycles. The topological polar surface area (TPSA) is 14.8 Å². The van der Waals surface area contributed by atoms with Crippen molar-refractivity contribution in [3.05, 3.63) is 126 Å². The molecule has 174 valence electrons. The Hall–Kier alpha value is -3.84. The Morgan fingerprint density at radius 1 is 0.389 bits per heavy atom. The standard InChI is InChI=1S/C30H21N3S3/c1-2-11-31(10-1)28-25(7-16-34-28)22-19-23(26-8-17-35-29(26)32-12-3-4-13-32)21-24(20-22)27-9-18-36-30(27)33-14-5-6-15-33/h1-21H. The molecule has 0 aliphatic carbocycles. The number of benzene rings is 1. The Morgan fingerprint density at radius 3 is 0.944 bits per heavy atom. The molecule has 6 heteroatoms. The summed E-state index contributed by atoms with van der Waals surface area (Å²) in [5, 5.41) is 10.2. The van der Waals surface area contributed by atoms with Crippen molar-refractivity contribution < 1.29 is 0 Å². The Kier molecular flexibility index (Phi) is 5.35. The number of hydrogen-bond acceptors (Lipinski definition) is 3. The second-order valence-corrected chi connectivity index (χ2v) is 11.2. The van der Waals surface area contributed by atoms with E-state index in [1.807, 2.05) is 0 Å². The molecule has 0 spiro atoms. The quantitative estimate of drug-likeness (QED) is 0.208. The van der Waals surface area contributed by atoms with Crippen LogP contribution in [0, 0.1) is 0 Å². The van der Waals surface area contributed by atoms with Crippen LogP contribution in [0.2, 0.25) is 0 Å². The second-order valence-electron chi connectivity index (χ2n) is 8.49. The molecule has 0 aliphatic rings. The monoisotopic (exact) mass is 519 g/mol. The average molecular weight is 520 g/mol. The fourth-order valence-corrected chi connectivity index (χ4v) is 7.33. The summed E-state index contributed by atoms with van der Waals surface area (Å²) in [6, 6.07) is 26.2. The summed E-state index contributed by atoms with van der Waals surface area (Å²) in [5.74, 6) is 0. The molecule has 0 unspecified atom stereocenters. The van der Waals surface area contributed by atoms with E-state index in [1.165, 1.54) is 48.4 Å². The van der Waals surface area contributed by atoms with Gasteiger partial charge in [-0.05, 0) is 106 Å². The highest BCUT2D eigenvalue weighted by molar-refractivity contribution is 7.13. The fraction of sp³-hybridized carbons (Fsp3) is 0. The fourth-order valence-electron chi connectivity index (χ4n) is 4.67. The van der Waals surface area contributed by atoms with Gasteiger partial charge in [0.2, 0.25) is 0 Å². The van der Waals surface area contributed by atoms with Crippen molar-refractivity contribution in [3.8, 4) is 48.4 Å². The first kappa shape index (κ1) is 21.4. The maximum Gasteiger partial charge on any atom is 0.107 e. The summed E-state index contributed by atoms with van der Waals surface area (Å²) in [5.41, 5.74) is 7.41. The molecule has 6 heterocycles. The predicted octanol–water partition coefficient (Wildman–Crippen LogP) is 9.24. The van der Waals surface area contributed by atoms with Gasteiger partial charge in [0.1, 0.15) is 15.0 Å². The van der Waals surface area contributed by atoms with Crippen molar-refractivity contribution in [1.82, 2.24) is 13.7 Å². The van der Waals surface area contributed by atoms with Crippen LogP contribution in [-0.2, 0) is 0 Å². The highest BCUT2D eigenvalue weighted by Gasteiger charge is 2.17. The first-order valence-corrected chi connectivity index (χ1v) is 14.3. The lowest BCUT2D eigenvalue weighted by molar-refractivity contribution is 1.11. The van der Waals surface area contributed by atoms with Gasteiger partial charge in [0.25, 0.3) is 0 Å². The number of rotatable bonds is 6. The Balaban J connectivity index is 1.45. The molecule has 1 aromatic carbocycles. The van der Waals surface area contributed by atoms with E-state index < -0.39 is 0 Å². The van der Waals surface area contributed by atoms with Crippen LogP contribution < -0.4 is 0 Å². The van der Waals surface area contributed by atoms with Crippen molar-refractivity contribution in [1.29, 1.82) is 0 Å². The average Bonchev–Trinajstić information content (AvgIpc) is 3.76. The van der Waals surface area contributed by atoms with Crippen LogP contribution in [0.5, 0.6) is 0 Å². The molecule has 0 radical (unpaired) electrons. The van der Waals surface area contributed by atoms with E-state index in [0.29, 0.717) is 0 Å². The van der Waals surface area contributed by atoms with Gasteiger partial charge in [0, 0.05) is 53.9 Å². The van der Waals surface area contributed by atoms with Crippen molar-refractivity contribution >= 4 is 34.0 Å². The van der Waals surface area contributed by atoms with E-state index in [0.717, 1.165) is 0 Å². The van der Waals surface area contributed by atoms with Crippen LogP contribution in [0.25, 0.3) is 48.4 Å². The van der Waals surface area contributed by atoms with Gasteiger partial charge in [0.15, 0.2) is 0 Å². The third-order valence-corrected chi connectivity index (χ3v) is 9.10. The molecule has 0 bridgehead atoms. The van der Waals surface area contributed by atoms with Crippen molar-refractivity contribution in [2.24, 2.45) is 0 Å². The molecular weight excluding hydrogens is 499 g/mol. The molecule has 3 nitrogen and oxygen atoms in total. The first-order chi connectivity index (χ1) is 17.8. The normalized spacial score (nSPS) is 11.3. The van der Waals surface area contributed by atoms with Crippen LogP contribution in [-0.4, -0.2) is 13.7 Å². The largest absolute Gasteiger partial charge is 0.315 e. The van der Waals surface area contributed by atoms with Crippen LogP contribution in [0.4, 0.5) is 0 Å². The molecule has 6 aromatic heterocycles. The minimum atomic E-state index is 1.22. The minimum absolute atomic E-state index is 1.22. The SMILES string of the molecule is c1ccn(-c2sccc2-c2cc(-c3ccsc3-n3cccc3)cc(-c3ccsc3-n3cccc3)c2)c1. The van der Waals surface area contributed by atoms with Crippen molar-refractivity contribution in [3.63, 3.8) is 0 Å². The number of thiophene rings is 3. The summed E-state index contributed by atoms with van der Waals surface area (Å²) in [6.45, 7) is 0. The zero-order chi connectivity index (χ0) is 23.9. The van der Waals surface area contributed by atoms with E-state index in [9.17, 15) is 0 Å². The molecule has 7 rings (SSSR count). The Bertz CT molecular complexity index is 1510. The molecule has 0 fully saturated rings. The molecule has 0 atom stereocenters. The van der Waals surface area contributed by atoms with E-state index in [1.54, 1.807) is 34.0 Å². The molecule has 0 saturated carbocycles. The van der Waals surface area contributed by atoms with E-state index in [2.05, 4.69) is 140 Å². The summed E-state index contributed by atoms with van der Waals surface area (Å²) in [4.78, 5) is 0. The van der Waals surface area contributed by atoms with Gasteiger partial charge in [-0.15, -0.1) is 34.0 Å². The van der Waals surface area contributed by atoms with Crippen LogP contribution in [0.15, 0.2) is 126 Å². The van der Waals surface area contributed by atoms with E-state index in [-0.39, 0.29) is 0 Å². The Labute approximate surface area is 221 Å². The predicted molar refractivity (Wildman–Crippen MR) is 154 cm³/mol. The molecule has 0 N–H and O–H groups in total. The summed E-state index contributed by atoms with van der Waals surface area (Å²) >= 11 is 5.31. The van der Waals surface area contributed by atoms with Crippen molar-refractivity contribution in [2.45, 2.75) is 0 Å². The molecule has 36 heavy (non-hydrogen) atoms. The third-order valence-electron chi connectivity index (χ3n) is 6.32. The summed E-state index contributed by atoms with van der Waals surface area (Å²) in [7, 11) is 0. The third kappa shape index (κ3) is 3.71. The second kappa shape index (κ2) is 8.99. The highest BCUT2D eigenvalue weighted by Crippen LogP contribution is 2.42. The lowest BCUT2D eigenvalue weighted by Gasteiger charge is -2.13. The first-order valence-electron chi connectivity index (χ1n) is 11.6. The van der Waals surface area contributed by atoms with Gasteiger partial charge >= 0.3 is 0 Å². The lowest BCUT2D eigenvalue weighted by Crippen LogP contribution is -1.93. The van der Waals surface area contributed by atoms with Crippen molar-refractivity contribution in [2.75, 3.05) is 0 Å². The van der Waals surface area contributed by atoms with Gasteiger partial charge in [0.05, 0.1) is 0 Å². The Morgan fingerprint density at radius 2 is 0.667 bits per heavy atom. The number of nitrogens with zero attached hydrogens (tertiary/aromatic N) is 3. The van der Waals surface area contributed by atoms with Gasteiger partial charge in [-0.3, -0.25) is 0 Å². The van der Waals surface area contributed by atoms with Crippen LogP contribution in [0.1, 0.15) is 0 Å². The molecular formula is C30H21N3S3. The summed E-state index contributed by atoms with van der Waals surface area (Å²) in [6.07, 6.45) is 12.7. The lowest BCUT2D eigenvalue weighted by atomic mass is 9.95. The molecule has 0 saturated heterocycles. The maximum absolute atomic E-state index is 2.34. The van der Waals surface area contributed by atoms with Crippen LogP contribution in [0.3, 0.4) is 0 Å². The molecule has 7 aromatic rings. The zero-order valence-electron chi connectivity index (χ0n) is 19.2. The zero-order valence-corrected chi connectivity index (χ0v) is 21.6. The van der Waals surface area contributed by atoms with E-state index in [4.69, 9.17) is 0 Å². The van der Waals surface area contributed by atoms with Gasteiger partial charge in [-0.1, -0.05) is 0 Å². The number of hydrogen-bond donors (Lipinski definition) is 0. The smallest absolute Gasteiger partial charge is 0.107 e. The summed E-state index contributed by atoms with van der Waals surface area (Å²) < 4.78 is 6.62. The van der Waals surface area contributed by atoms with Gasteiger partial charge in [-0.25, -0.2) is 0 Å². The van der Waals surface area contributed by atoms with Gasteiger partial charge in [-0.2, -0.15) is 0 Å². The molecule has 0 amide bonds. The maximum atomic E-state index is 2.34.